The first-order chi connectivity index (χ1) is 12.2. The molecule has 1 atom stereocenters. The van der Waals surface area contributed by atoms with E-state index >= 15 is 0 Å². The van der Waals surface area contributed by atoms with Gasteiger partial charge in [-0.25, -0.2) is 0 Å². The molecule has 0 aliphatic carbocycles. The highest BCUT2D eigenvalue weighted by atomic mass is 19.4. The summed E-state index contributed by atoms with van der Waals surface area (Å²) < 4.78 is 41.9. The number of hydrogen-bond acceptors (Lipinski definition) is 2. The van der Waals surface area contributed by atoms with E-state index in [2.05, 4.69) is 0 Å². The molecular weight excluding hydrogens is 345 g/mol. The number of rotatable bonds is 3. The van der Waals surface area contributed by atoms with Crippen LogP contribution in [0.15, 0.2) is 29.1 Å². The molecule has 1 fully saturated rings. The van der Waals surface area contributed by atoms with Gasteiger partial charge in [0, 0.05) is 37.0 Å². The van der Waals surface area contributed by atoms with E-state index in [1.165, 1.54) is 0 Å². The van der Waals surface area contributed by atoms with Crippen LogP contribution < -0.4 is 5.43 Å². The molecule has 1 aromatic heterocycles. The van der Waals surface area contributed by atoms with Crippen LogP contribution in [-0.2, 0) is 17.5 Å². The normalized spacial score (nSPS) is 17.9. The molecule has 0 radical (unpaired) electrons. The van der Waals surface area contributed by atoms with Gasteiger partial charge in [-0.1, -0.05) is 18.6 Å². The Morgan fingerprint density at radius 1 is 1.27 bits per heavy atom. The standard InChI is InChI=1S/C19H21F3N2O2/c1-3-18(26)23-8-4-5-13(23)11-24-15-7-6-12(2)9-14(15)16(25)10-17(24)19(20,21)22/h6-7,9-10,13H,3-5,8,11H2,1-2H3/t13-/m0/s1. The topological polar surface area (TPSA) is 42.3 Å². The number of benzene rings is 1. The molecular formula is C19H21F3N2O2. The molecule has 2 heterocycles. The summed E-state index contributed by atoms with van der Waals surface area (Å²) in [4.78, 5) is 26.0. The van der Waals surface area contributed by atoms with Gasteiger partial charge in [0.05, 0.1) is 5.52 Å². The third-order valence-corrected chi connectivity index (χ3v) is 4.95. The maximum atomic E-state index is 13.6. The molecule has 0 spiro atoms. The second-order valence-electron chi connectivity index (χ2n) is 6.76. The monoisotopic (exact) mass is 366 g/mol. The van der Waals surface area contributed by atoms with Gasteiger partial charge in [-0.15, -0.1) is 0 Å². The van der Waals surface area contributed by atoms with Crippen molar-refractivity contribution in [3.05, 3.63) is 45.7 Å². The Balaban J connectivity index is 2.15. The van der Waals surface area contributed by atoms with Gasteiger partial charge in [0.1, 0.15) is 5.69 Å². The summed E-state index contributed by atoms with van der Waals surface area (Å²) in [6, 6.07) is 5.24. The number of carbonyl (C=O) groups excluding carboxylic acids is 1. The van der Waals surface area contributed by atoms with Gasteiger partial charge < -0.3 is 9.47 Å². The Hall–Kier alpha value is -2.31. The van der Waals surface area contributed by atoms with E-state index in [1.54, 1.807) is 36.9 Å². The molecule has 7 heteroatoms. The van der Waals surface area contributed by atoms with Crippen LogP contribution in [0, 0.1) is 6.92 Å². The minimum atomic E-state index is -4.64. The summed E-state index contributed by atoms with van der Waals surface area (Å²) in [5.41, 5.74) is -0.536. The molecule has 1 saturated heterocycles. The van der Waals surface area contributed by atoms with E-state index in [0.29, 0.717) is 25.5 Å². The number of aromatic nitrogens is 1. The average molecular weight is 366 g/mol. The third-order valence-electron chi connectivity index (χ3n) is 4.95. The fraction of sp³-hybridized carbons (Fsp3) is 0.474. The lowest BCUT2D eigenvalue weighted by Crippen LogP contribution is -2.38. The number of amides is 1. The summed E-state index contributed by atoms with van der Waals surface area (Å²) in [7, 11) is 0. The molecule has 3 rings (SSSR count). The lowest BCUT2D eigenvalue weighted by Gasteiger charge is -2.28. The Morgan fingerprint density at radius 2 is 2.00 bits per heavy atom. The maximum Gasteiger partial charge on any atom is 0.431 e. The first-order valence-electron chi connectivity index (χ1n) is 8.73. The number of pyridine rings is 1. The third kappa shape index (κ3) is 3.34. The smallest absolute Gasteiger partial charge is 0.338 e. The number of likely N-dealkylation sites (tertiary alicyclic amines) is 1. The predicted octanol–water partition coefficient (Wildman–Crippen LogP) is 3.73. The van der Waals surface area contributed by atoms with E-state index < -0.39 is 17.3 Å². The fourth-order valence-corrected chi connectivity index (χ4v) is 3.69. The van der Waals surface area contributed by atoms with Crippen LogP contribution in [0.5, 0.6) is 0 Å². The number of fused-ring (bicyclic) bond motifs is 1. The van der Waals surface area contributed by atoms with Gasteiger partial charge >= 0.3 is 6.18 Å². The van der Waals surface area contributed by atoms with Gasteiger partial charge in [0.15, 0.2) is 5.43 Å². The van der Waals surface area contributed by atoms with Crippen molar-refractivity contribution < 1.29 is 18.0 Å². The summed E-state index contributed by atoms with van der Waals surface area (Å²) in [6.07, 6.45) is -2.89. The zero-order chi connectivity index (χ0) is 19.1. The predicted molar refractivity (Wildman–Crippen MR) is 93.0 cm³/mol. The molecule has 140 valence electrons. The molecule has 1 aromatic carbocycles. The van der Waals surface area contributed by atoms with Gasteiger partial charge in [-0.05, 0) is 31.9 Å². The Morgan fingerprint density at radius 3 is 2.65 bits per heavy atom. The second kappa shape index (κ2) is 6.78. The minimum Gasteiger partial charge on any atom is -0.338 e. The number of hydrogen-bond donors (Lipinski definition) is 0. The SMILES string of the molecule is CCC(=O)N1CCC[C@H]1Cn1c(C(F)(F)F)cc(=O)c2cc(C)ccc21. The Kier molecular flexibility index (Phi) is 4.82. The lowest BCUT2D eigenvalue weighted by molar-refractivity contribution is -0.144. The van der Waals surface area contributed by atoms with Crippen LogP contribution in [-0.4, -0.2) is 28.0 Å². The molecule has 4 nitrogen and oxygen atoms in total. The number of carbonyl (C=O) groups is 1. The molecule has 1 aliphatic rings. The van der Waals surface area contributed by atoms with Crippen molar-refractivity contribution in [3.63, 3.8) is 0 Å². The molecule has 2 aromatic rings. The van der Waals surface area contributed by atoms with Crippen molar-refractivity contribution in [2.75, 3.05) is 6.54 Å². The maximum absolute atomic E-state index is 13.6. The molecule has 1 aliphatic heterocycles. The highest BCUT2D eigenvalue weighted by Gasteiger charge is 2.37. The van der Waals surface area contributed by atoms with Gasteiger partial charge in [-0.2, -0.15) is 13.2 Å². The van der Waals surface area contributed by atoms with E-state index in [9.17, 15) is 22.8 Å². The highest BCUT2D eigenvalue weighted by Crippen LogP contribution is 2.32. The Bertz CT molecular complexity index is 902. The summed E-state index contributed by atoms with van der Waals surface area (Å²) >= 11 is 0. The van der Waals surface area contributed by atoms with Crippen molar-refractivity contribution in [1.29, 1.82) is 0 Å². The highest BCUT2D eigenvalue weighted by molar-refractivity contribution is 5.80. The van der Waals surface area contributed by atoms with Crippen LogP contribution in [0.1, 0.15) is 37.4 Å². The summed E-state index contributed by atoms with van der Waals surface area (Å²) in [5.74, 6) is -0.0535. The van der Waals surface area contributed by atoms with E-state index in [0.717, 1.165) is 16.6 Å². The number of aryl methyl sites for hydroxylation is 1. The largest absolute Gasteiger partial charge is 0.431 e. The zero-order valence-corrected chi connectivity index (χ0v) is 14.8. The zero-order valence-electron chi connectivity index (χ0n) is 14.8. The van der Waals surface area contributed by atoms with Crippen molar-refractivity contribution in [3.8, 4) is 0 Å². The number of halogens is 3. The first kappa shape index (κ1) is 18.5. The van der Waals surface area contributed by atoms with Gasteiger partial charge in [0.2, 0.25) is 5.91 Å². The average Bonchev–Trinajstić information content (AvgIpc) is 3.03. The van der Waals surface area contributed by atoms with Crippen molar-refractivity contribution in [2.24, 2.45) is 0 Å². The van der Waals surface area contributed by atoms with Crippen LogP contribution in [0.3, 0.4) is 0 Å². The molecule has 0 saturated carbocycles. The number of alkyl halides is 3. The quantitative estimate of drug-likeness (QED) is 0.831. The van der Waals surface area contributed by atoms with E-state index in [-0.39, 0.29) is 29.4 Å². The van der Waals surface area contributed by atoms with Crippen LogP contribution in [0.25, 0.3) is 10.9 Å². The molecule has 1 amide bonds. The molecule has 26 heavy (non-hydrogen) atoms. The molecule has 0 N–H and O–H groups in total. The van der Waals surface area contributed by atoms with Crippen LogP contribution in [0.2, 0.25) is 0 Å². The molecule has 0 bridgehead atoms. The fourth-order valence-electron chi connectivity index (χ4n) is 3.69. The van der Waals surface area contributed by atoms with Crippen molar-refractivity contribution in [2.45, 2.75) is 51.9 Å². The van der Waals surface area contributed by atoms with Gasteiger partial charge in [0.25, 0.3) is 0 Å². The minimum absolute atomic E-state index is 0.0282. The van der Waals surface area contributed by atoms with Gasteiger partial charge in [-0.3, -0.25) is 9.59 Å². The lowest BCUT2D eigenvalue weighted by atomic mass is 10.1. The Labute approximate surface area is 149 Å². The van der Waals surface area contributed by atoms with Crippen molar-refractivity contribution in [1.82, 2.24) is 9.47 Å². The molecule has 0 unspecified atom stereocenters. The van der Waals surface area contributed by atoms with E-state index in [4.69, 9.17) is 0 Å². The number of nitrogens with zero attached hydrogens (tertiary/aromatic N) is 2. The first-order valence-corrected chi connectivity index (χ1v) is 8.73. The van der Waals surface area contributed by atoms with Crippen molar-refractivity contribution >= 4 is 16.8 Å². The second-order valence-corrected chi connectivity index (χ2v) is 6.76. The van der Waals surface area contributed by atoms with Crippen LogP contribution >= 0.6 is 0 Å². The van der Waals surface area contributed by atoms with Crippen LogP contribution in [0.4, 0.5) is 13.2 Å². The van der Waals surface area contributed by atoms with E-state index in [1.807, 2.05) is 0 Å². The summed E-state index contributed by atoms with van der Waals surface area (Å²) in [5, 5.41) is 0.268. The summed E-state index contributed by atoms with van der Waals surface area (Å²) in [6.45, 7) is 4.13.